The van der Waals surface area contributed by atoms with Crippen LogP contribution in [-0.2, 0) is 0 Å². The third-order valence-corrected chi connectivity index (χ3v) is 2.70. The van der Waals surface area contributed by atoms with E-state index >= 15 is 0 Å². The molecule has 88 valence electrons. The molecule has 0 saturated heterocycles. The third-order valence-electron chi connectivity index (χ3n) is 2.15. The lowest BCUT2D eigenvalue weighted by molar-refractivity contribution is 0.108. The summed E-state index contributed by atoms with van der Waals surface area (Å²) in [7, 11) is 0. The Morgan fingerprint density at radius 1 is 1.19 bits per heavy atom. The fourth-order valence-electron chi connectivity index (χ4n) is 1.40. The summed E-state index contributed by atoms with van der Waals surface area (Å²) in [5, 5.41) is -0.460. The number of hydrogen-bond donors (Lipinski definition) is 0. The fourth-order valence-corrected chi connectivity index (χ4v) is 1.92. The highest BCUT2D eigenvalue weighted by Crippen LogP contribution is 2.17. The smallest absolute Gasteiger partial charge is 0.252 e. The molecule has 0 aliphatic carbocycles. The molecule has 0 saturated carbocycles. The minimum absolute atomic E-state index is 0.460. The van der Waals surface area contributed by atoms with Gasteiger partial charge in [0.1, 0.15) is 0 Å². The molecule has 0 amide bonds. The van der Waals surface area contributed by atoms with Crippen LogP contribution in [0.3, 0.4) is 0 Å². The summed E-state index contributed by atoms with van der Waals surface area (Å²) in [5.41, 5.74) is 1.39. The average Bonchev–Trinajstić information content (AvgIpc) is 2.29. The Kier molecular flexibility index (Phi) is 5.96. The van der Waals surface area contributed by atoms with Gasteiger partial charge in [-0.3, -0.25) is 4.79 Å². The second-order valence-corrected chi connectivity index (χ2v) is 4.29. The lowest BCUT2D eigenvalue weighted by Gasteiger charge is -2.23. The molecule has 1 aromatic rings. The molecular formula is C11H12Cl3NO. The molecule has 0 fully saturated rings. The first kappa shape index (κ1) is 13.6. The maximum atomic E-state index is 11.0. The minimum atomic E-state index is -0.460. The highest BCUT2D eigenvalue weighted by Gasteiger charge is 2.08. The van der Waals surface area contributed by atoms with Crippen molar-refractivity contribution in [3.05, 3.63) is 29.8 Å². The molecule has 0 atom stereocenters. The topological polar surface area (TPSA) is 20.3 Å². The van der Waals surface area contributed by atoms with Crippen molar-refractivity contribution >= 4 is 45.7 Å². The molecule has 0 N–H and O–H groups in total. The molecular weight excluding hydrogens is 268 g/mol. The predicted octanol–water partition coefficient (Wildman–Crippen LogP) is 3.35. The maximum absolute atomic E-state index is 11.0. The summed E-state index contributed by atoms with van der Waals surface area (Å²) in [6.45, 7) is 1.38. The summed E-state index contributed by atoms with van der Waals surface area (Å²) < 4.78 is 0. The molecule has 1 rings (SSSR count). The predicted molar refractivity (Wildman–Crippen MR) is 70.3 cm³/mol. The van der Waals surface area contributed by atoms with Crippen LogP contribution >= 0.6 is 34.8 Å². The normalized spacial score (nSPS) is 10.2. The van der Waals surface area contributed by atoms with Gasteiger partial charge in [-0.25, -0.2) is 0 Å². The Bertz CT molecular complexity index is 351. The van der Waals surface area contributed by atoms with E-state index in [0.29, 0.717) is 30.4 Å². The largest absolute Gasteiger partial charge is 0.369 e. The van der Waals surface area contributed by atoms with Gasteiger partial charge in [-0.15, -0.1) is 23.2 Å². The van der Waals surface area contributed by atoms with Crippen molar-refractivity contribution in [2.45, 2.75) is 0 Å². The number of carbonyl (C=O) groups is 1. The van der Waals surface area contributed by atoms with Crippen molar-refractivity contribution in [2.75, 3.05) is 29.7 Å². The van der Waals surface area contributed by atoms with Gasteiger partial charge in [0.25, 0.3) is 5.24 Å². The van der Waals surface area contributed by atoms with E-state index in [2.05, 4.69) is 0 Å². The highest BCUT2D eigenvalue weighted by atomic mass is 35.5. The summed E-state index contributed by atoms with van der Waals surface area (Å²) in [6.07, 6.45) is 0. The van der Waals surface area contributed by atoms with Gasteiger partial charge in [0.05, 0.1) is 0 Å². The van der Waals surface area contributed by atoms with Gasteiger partial charge in [0.2, 0.25) is 0 Å². The molecule has 0 aliphatic rings. The molecule has 16 heavy (non-hydrogen) atoms. The van der Waals surface area contributed by atoms with Crippen molar-refractivity contribution in [2.24, 2.45) is 0 Å². The number of benzene rings is 1. The van der Waals surface area contributed by atoms with Crippen LogP contribution in [0.2, 0.25) is 0 Å². The number of alkyl halides is 2. The highest BCUT2D eigenvalue weighted by molar-refractivity contribution is 6.67. The van der Waals surface area contributed by atoms with Gasteiger partial charge in [-0.05, 0) is 29.8 Å². The second kappa shape index (κ2) is 7.00. The van der Waals surface area contributed by atoms with Crippen LogP contribution < -0.4 is 4.90 Å². The van der Waals surface area contributed by atoms with Crippen LogP contribution in [0.4, 0.5) is 5.69 Å². The molecule has 0 aliphatic heterocycles. The van der Waals surface area contributed by atoms with Gasteiger partial charge in [0, 0.05) is 36.1 Å². The van der Waals surface area contributed by atoms with Gasteiger partial charge in [0.15, 0.2) is 0 Å². The van der Waals surface area contributed by atoms with Crippen molar-refractivity contribution in [1.29, 1.82) is 0 Å². The molecule has 0 radical (unpaired) electrons. The van der Waals surface area contributed by atoms with Crippen molar-refractivity contribution in [1.82, 2.24) is 0 Å². The molecule has 0 bridgehead atoms. The lowest BCUT2D eigenvalue weighted by Crippen LogP contribution is -2.27. The van der Waals surface area contributed by atoms with Gasteiger partial charge < -0.3 is 4.90 Å². The summed E-state index contributed by atoms with van der Waals surface area (Å²) >= 11 is 16.8. The van der Waals surface area contributed by atoms with E-state index < -0.39 is 5.24 Å². The number of rotatable bonds is 6. The van der Waals surface area contributed by atoms with E-state index in [1.165, 1.54) is 0 Å². The van der Waals surface area contributed by atoms with Crippen molar-refractivity contribution in [3.8, 4) is 0 Å². The number of halogens is 3. The third kappa shape index (κ3) is 3.85. The number of hydrogen-bond acceptors (Lipinski definition) is 2. The molecule has 0 aromatic heterocycles. The zero-order valence-corrected chi connectivity index (χ0v) is 10.9. The Hall–Kier alpha value is -0.440. The maximum Gasteiger partial charge on any atom is 0.252 e. The van der Waals surface area contributed by atoms with Crippen LogP contribution in [0, 0.1) is 0 Å². The van der Waals surface area contributed by atoms with E-state index in [-0.39, 0.29) is 0 Å². The Morgan fingerprint density at radius 2 is 1.81 bits per heavy atom. The number of carbonyl (C=O) groups excluding carboxylic acids is 1. The van der Waals surface area contributed by atoms with Gasteiger partial charge in [-0.1, -0.05) is 6.07 Å². The van der Waals surface area contributed by atoms with Crippen LogP contribution in [0.25, 0.3) is 0 Å². The first-order valence-corrected chi connectivity index (χ1v) is 6.30. The molecule has 5 heteroatoms. The molecule has 1 aromatic carbocycles. The van der Waals surface area contributed by atoms with Gasteiger partial charge >= 0.3 is 0 Å². The minimum Gasteiger partial charge on any atom is -0.369 e. The van der Waals surface area contributed by atoms with Gasteiger partial charge in [-0.2, -0.15) is 0 Å². The van der Waals surface area contributed by atoms with Crippen molar-refractivity contribution in [3.63, 3.8) is 0 Å². The fraction of sp³-hybridized carbons (Fsp3) is 0.364. The lowest BCUT2D eigenvalue weighted by atomic mass is 10.2. The zero-order valence-electron chi connectivity index (χ0n) is 8.63. The number of nitrogens with zero attached hydrogens (tertiary/aromatic N) is 1. The first-order chi connectivity index (χ1) is 7.69. The first-order valence-electron chi connectivity index (χ1n) is 4.86. The van der Waals surface area contributed by atoms with E-state index in [1.807, 2.05) is 11.0 Å². The van der Waals surface area contributed by atoms with E-state index in [9.17, 15) is 4.79 Å². The molecule has 0 unspecified atom stereocenters. The Balaban J connectivity index is 2.90. The summed E-state index contributed by atoms with van der Waals surface area (Å²) in [4.78, 5) is 13.0. The van der Waals surface area contributed by atoms with E-state index in [4.69, 9.17) is 34.8 Å². The summed E-state index contributed by atoms with van der Waals surface area (Å²) in [6, 6.07) is 7.12. The van der Waals surface area contributed by atoms with E-state index in [1.54, 1.807) is 18.2 Å². The zero-order chi connectivity index (χ0) is 12.0. The Labute approximate surface area is 110 Å². The Morgan fingerprint density at radius 3 is 2.31 bits per heavy atom. The quantitative estimate of drug-likeness (QED) is 0.588. The second-order valence-electron chi connectivity index (χ2n) is 3.19. The van der Waals surface area contributed by atoms with Crippen LogP contribution in [0.1, 0.15) is 10.4 Å². The van der Waals surface area contributed by atoms with Crippen LogP contribution in [0.15, 0.2) is 24.3 Å². The molecule has 0 heterocycles. The summed E-state index contributed by atoms with van der Waals surface area (Å²) in [5.74, 6) is 1.02. The SMILES string of the molecule is O=C(Cl)c1cccc(N(CCCl)CCCl)c1. The van der Waals surface area contributed by atoms with Crippen molar-refractivity contribution < 1.29 is 4.79 Å². The molecule has 0 spiro atoms. The standard InChI is InChI=1S/C11H12Cl3NO/c12-4-6-15(7-5-13)10-3-1-2-9(8-10)11(14)16/h1-3,8H,4-7H2. The van der Waals surface area contributed by atoms with Crippen LogP contribution in [0.5, 0.6) is 0 Å². The monoisotopic (exact) mass is 279 g/mol. The molecule has 2 nitrogen and oxygen atoms in total. The van der Waals surface area contributed by atoms with Crippen LogP contribution in [-0.4, -0.2) is 30.1 Å². The van der Waals surface area contributed by atoms with E-state index in [0.717, 1.165) is 5.69 Å². The average molecular weight is 281 g/mol. The number of anilines is 1.